The SMILES string of the molecule is CCC(CC)(CC)c1cccc(F)c1. The molecule has 0 aliphatic heterocycles. The molecule has 0 saturated heterocycles. The molecule has 0 saturated carbocycles. The molecule has 0 aromatic heterocycles. The van der Waals surface area contributed by atoms with Crippen molar-refractivity contribution >= 4 is 0 Å². The second-order valence-corrected chi connectivity index (χ2v) is 3.85. The van der Waals surface area contributed by atoms with Crippen molar-refractivity contribution in [1.29, 1.82) is 0 Å². The third-order valence-electron chi connectivity index (χ3n) is 3.47. The fourth-order valence-corrected chi connectivity index (χ4v) is 2.18. The molecule has 0 fully saturated rings. The van der Waals surface area contributed by atoms with Crippen LogP contribution in [0.15, 0.2) is 24.3 Å². The maximum absolute atomic E-state index is 13.1. The van der Waals surface area contributed by atoms with E-state index in [1.807, 2.05) is 6.07 Å². The van der Waals surface area contributed by atoms with Crippen molar-refractivity contribution in [2.45, 2.75) is 45.4 Å². The summed E-state index contributed by atoms with van der Waals surface area (Å²) < 4.78 is 13.1. The molecule has 0 bridgehead atoms. The molecule has 0 atom stereocenters. The second kappa shape index (κ2) is 4.59. The maximum atomic E-state index is 13.1. The highest BCUT2D eigenvalue weighted by atomic mass is 19.1. The topological polar surface area (TPSA) is 0 Å². The number of hydrogen-bond acceptors (Lipinski definition) is 0. The van der Waals surface area contributed by atoms with Gasteiger partial charge < -0.3 is 0 Å². The number of hydrogen-bond donors (Lipinski definition) is 0. The van der Waals surface area contributed by atoms with Gasteiger partial charge in [0.15, 0.2) is 0 Å². The van der Waals surface area contributed by atoms with Crippen molar-refractivity contribution < 1.29 is 4.39 Å². The lowest BCUT2D eigenvalue weighted by Crippen LogP contribution is -2.23. The zero-order chi connectivity index (χ0) is 10.6. The van der Waals surface area contributed by atoms with Crippen molar-refractivity contribution in [3.63, 3.8) is 0 Å². The Morgan fingerprint density at radius 1 is 1.07 bits per heavy atom. The van der Waals surface area contributed by atoms with Gasteiger partial charge >= 0.3 is 0 Å². The molecule has 0 aliphatic rings. The van der Waals surface area contributed by atoms with E-state index in [2.05, 4.69) is 20.8 Å². The summed E-state index contributed by atoms with van der Waals surface area (Å²) in [5, 5.41) is 0. The van der Waals surface area contributed by atoms with Crippen molar-refractivity contribution in [2.24, 2.45) is 0 Å². The highest BCUT2D eigenvalue weighted by Gasteiger charge is 2.26. The molecule has 1 heteroatoms. The molecule has 0 nitrogen and oxygen atoms in total. The average Bonchev–Trinajstić information content (AvgIpc) is 2.22. The molecule has 0 amide bonds. The van der Waals surface area contributed by atoms with E-state index in [4.69, 9.17) is 0 Å². The largest absolute Gasteiger partial charge is 0.207 e. The Kier molecular flexibility index (Phi) is 3.68. The summed E-state index contributed by atoms with van der Waals surface area (Å²) in [4.78, 5) is 0. The molecule has 0 spiro atoms. The van der Waals surface area contributed by atoms with Crippen molar-refractivity contribution in [3.8, 4) is 0 Å². The first kappa shape index (κ1) is 11.2. The summed E-state index contributed by atoms with van der Waals surface area (Å²) in [7, 11) is 0. The van der Waals surface area contributed by atoms with Gasteiger partial charge in [-0.25, -0.2) is 4.39 Å². The highest BCUT2D eigenvalue weighted by molar-refractivity contribution is 5.25. The van der Waals surface area contributed by atoms with Crippen LogP contribution in [0.4, 0.5) is 4.39 Å². The minimum absolute atomic E-state index is 0.123. The zero-order valence-corrected chi connectivity index (χ0v) is 9.31. The Hall–Kier alpha value is -0.850. The van der Waals surface area contributed by atoms with Crippen LogP contribution in [0.1, 0.15) is 45.6 Å². The molecule has 1 aromatic carbocycles. The van der Waals surface area contributed by atoms with Crippen molar-refractivity contribution in [3.05, 3.63) is 35.6 Å². The molecular weight excluding hydrogens is 175 g/mol. The van der Waals surface area contributed by atoms with Gasteiger partial charge in [0.05, 0.1) is 0 Å². The van der Waals surface area contributed by atoms with Crippen LogP contribution >= 0.6 is 0 Å². The summed E-state index contributed by atoms with van der Waals surface area (Å²) in [6, 6.07) is 7.03. The summed E-state index contributed by atoms with van der Waals surface area (Å²) >= 11 is 0. The van der Waals surface area contributed by atoms with E-state index < -0.39 is 0 Å². The van der Waals surface area contributed by atoms with Crippen molar-refractivity contribution in [2.75, 3.05) is 0 Å². The van der Waals surface area contributed by atoms with Crippen LogP contribution in [0.2, 0.25) is 0 Å². The van der Waals surface area contributed by atoms with Gasteiger partial charge in [-0.3, -0.25) is 0 Å². The van der Waals surface area contributed by atoms with Crippen LogP contribution in [0, 0.1) is 5.82 Å². The van der Waals surface area contributed by atoms with Crippen LogP contribution in [-0.2, 0) is 5.41 Å². The molecule has 0 N–H and O–H groups in total. The molecule has 0 radical (unpaired) electrons. The van der Waals surface area contributed by atoms with E-state index in [1.54, 1.807) is 12.1 Å². The van der Waals surface area contributed by atoms with Crippen LogP contribution in [0.5, 0.6) is 0 Å². The quantitative estimate of drug-likeness (QED) is 0.670. The number of benzene rings is 1. The fourth-order valence-electron chi connectivity index (χ4n) is 2.18. The lowest BCUT2D eigenvalue weighted by atomic mass is 9.74. The predicted octanol–water partition coefficient (Wildman–Crippen LogP) is 4.29. The zero-order valence-electron chi connectivity index (χ0n) is 9.31. The minimum atomic E-state index is -0.123. The van der Waals surface area contributed by atoms with Crippen LogP contribution in [0.3, 0.4) is 0 Å². The highest BCUT2D eigenvalue weighted by Crippen LogP contribution is 2.34. The molecule has 0 unspecified atom stereocenters. The van der Waals surface area contributed by atoms with E-state index in [0.29, 0.717) is 0 Å². The van der Waals surface area contributed by atoms with Crippen LogP contribution < -0.4 is 0 Å². The normalized spacial score (nSPS) is 11.7. The first-order chi connectivity index (χ1) is 6.68. The molecule has 1 aromatic rings. The van der Waals surface area contributed by atoms with Gasteiger partial charge in [0.2, 0.25) is 0 Å². The summed E-state index contributed by atoms with van der Waals surface area (Å²) in [6.45, 7) is 6.54. The van der Waals surface area contributed by atoms with E-state index >= 15 is 0 Å². The fraction of sp³-hybridized carbons (Fsp3) is 0.538. The summed E-state index contributed by atoms with van der Waals surface area (Å²) in [6.07, 6.45) is 3.22. The average molecular weight is 194 g/mol. The number of halogens is 1. The minimum Gasteiger partial charge on any atom is -0.207 e. The van der Waals surface area contributed by atoms with Gasteiger partial charge in [-0.15, -0.1) is 0 Å². The van der Waals surface area contributed by atoms with Gasteiger partial charge in [-0.05, 0) is 42.4 Å². The molecular formula is C13H19F. The summed E-state index contributed by atoms with van der Waals surface area (Å²) in [5.74, 6) is -0.123. The third kappa shape index (κ3) is 1.97. The Balaban J connectivity index is 3.10. The monoisotopic (exact) mass is 194 g/mol. The van der Waals surface area contributed by atoms with E-state index in [-0.39, 0.29) is 11.2 Å². The second-order valence-electron chi connectivity index (χ2n) is 3.85. The standard InChI is InChI=1S/C13H19F/c1-4-13(5-2,6-3)11-8-7-9-12(14)10-11/h7-10H,4-6H2,1-3H3. The molecule has 78 valence electrons. The first-order valence-electron chi connectivity index (χ1n) is 5.44. The van der Waals surface area contributed by atoms with Crippen molar-refractivity contribution in [1.82, 2.24) is 0 Å². The van der Waals surface area contributed by atoms with Gasteiger partial charge in [0, 0.05) is 0 Å². The molecule has 1 rings (SSSR count). The van der Waals surface area contributed by atoms with E-state index in [1.165, 1.54) is 6.07 Å². The predicted molar refractivity (Wildman–Crippen MR) is 59.0 cm³/mol. The molecule has 14 heavy (non-hydrogen) atoms. The number of rotatable bonds is 4. The molecule has 0 heterocycles. The lowest BCUT2D eigenvalue weighted by Gasteiger charge is -2.31. The van der Waals surface area contributed by atoms with Gasteiger partial charge in [0.1, 0.15) is 5.82 Å². The molecule has 0 aliphatic carbocycles. The van der Waals surface area contributed by atoms with Gasteiger partial charge in [-0.2, -0.15) is 0 Å². The first-order valence-corrected chi connectivity index (χ1v) is 5.44. The van der Waals surface area contributed by atoms with Gasteiger partial charge in [-0.1, -0.05) is 32.9 Å². The van der Waals surface area contributed by atoms with Crippen LogP contribution in [-0.4, -0.2) is 0 Å². The maximum Gasteiger partial charge on any atom is 0.123 e. The Labute approximate surface area is 86.2 Å². The Morgan fingerprint density at radius 2 is 1.64 bits per heavy atom. The van der Waals surface area contributed by atoms with E-state index in [0.717, 1.165) is 24.8 Å². The Morgan fingerprint density at radius 3 is 2.07 bits per heavy atom. The smallest absolute Gasteiger partial charge is 0.123 e. The van der Waals surface area contributed by atoms with Gasteiger partial charge in [0.25, 0.3) is 0 Å². The van der Waals surface area contributed by atoms with E-state index in [9.17, 15) is 4.39 Å². The van der Waals surface area contributed by atoms with Crippen LogP contribution in [0.25, 0.3) is 0 Å². The lowest BCUT2D eigenvalue weighted by molar-refractivity contribution is 0.380. The summed E-state index contributed by atoms with van der Waals surface area (Å²) in [5.41, 5.74) is 1.31. The third-order valence-corrected chi connectivity index (χ3v) is 3.47. The Bertz CT molecular complexity index is 279.